The molecule has 2 rings (SSSR count). The maximum Gasteiger partial charge on any atom is 0.108 e. The second kappa shape index (κ2) is 6.35. The molecule has 1 aromatic heterocycles. The van der Waals surface area contributed by atoms with Gasteiger partial charge in [-0.15, -0.1) is 11.3 Å². The Morgan fingerprint density at radius 3 is 2.95 bits per heavy atom. The van der Waals surface area contributed by atoms with E-state index in [4.69, 9.17) is 0 Å². The number of likely N-dealkylation sites (tertiary alicyclic amines) is 1. The van der Waals surface area contributed by atoms with E-state index in [2.05, 4.69) is 24.1 Å². The molecule has 3 unspecified atom stereocenters. The summed E-state index contributed by atoms with van der Waals surface area (Å²) < 4.78 is 0. The standard InChI is InChI=1S/C15H26N2OS/c1-4-17-8-7-13(12(2)10-17)16-11-15(3,18)14-6-5-9-19-14/h5-6,9,12-13,16,18H,4,7-8,10-11H2,1-3H3. The monoisotopic (exact) mass is 282 g/mol. The molecule has 0 spiro atoms. The minimum absolute atomic E-state index is 0.522. The largest absolute Gasteiger partial charge is 0.383 e. The Balaban J connectivity index is 1.85. The quantitative estimate of drug-likeness (QED) is 0.870. The first-order valence-electron chi connectivity index (χ1n) is 7.25. The van der Waals surface area contributed by atoms with Crippen LogP contribution in [0.2, 0.25) is 0 Å². The van der Waals surface area contributed by atoms with Crippen molar-refractivity contribution in [2.24, 2.45) is 5.92 Å². The molecule has 19 heavy (non-hydrogen) atoms. The lowest BCUT2D eigenvalue weighted by atomic mass is 9.93. The average molecular weight is 282 g/mol. The van der Waals surface area contributed by atoms with Crippen LogP contribution in [0.25, 0.3) is 0 Å². The van der Waals surface area contributed by atoms with E-state index in [1.807, 2.05) is 24.4 Å². The molecule has 0 aromatic carbocycles. The molecule has 0 saturated carbocycles. The first kappa shape index (κ1) is 15.0. The van der Waals surface area contributed by atoms with Crippen LogP contribution in [0.1, 0.15) is 32.1 Å². The molecule has 4 heteroatoms. The molecule has 0 aliphatic carbocycles. The molecular weight excluding hydrogens is 256 g/mol. The van der Waals surface area contributed by atoms with E-state index >= 15 is 0 Å². The number of thiophene rings is 1. The fraction of sp³-hybridized carbons (Fsp3) is 0.733. The molecule has 3 atom stereocenters. The second-order valence-electron chi connectivity index (χ2n) is 5.90. The normalized spacial score (nSPS) is 28.2. The first-order chi connectivity index (χ1) is 9.03. The van der Waals surface area contributed by atoms with Gasteiger partial charge in [0.15, 0.2) is 0 Å². The number of hydrogen-bond donors (Lipinski definition) is 2. The van der Waals surface area contributed by atoms with Crippen molar-refractivity contribution < 1.29 is 5.11 Å². The number of nitrogens with zero attached hydrogens (tertiary/aromatic N) is 1. The summed E-state index contributed by atoms with van der Waals surface area (Å²) >= 11 is 1.62. The van der Waals surface area contributed by atoms with E-state index in [1.54, 1.807) is 11.3 Å². The molecule has 1 aromatic rings. The van der Waals surface area contributed by atoms with Crippen molar-refractivity contribution in [2.75, 3.05) is 26.2 Å². The van der Waals surface area contributed by atoms with Gasteiger partial charge in [-0.3, -0.25) is 0 Å². The molecule has 0 radical (unpaired) electrons. The van der Waals surface area contributed by atoms with Gasteiger partial charge < -0.3 is 15.3 Å². The smallest absolute Gasteiger partial charge is 0.108 e. The summed E-state index contributed by atoms with van der Waals surface area (Å²) in [5.74, 6) is 0.646. The van der Waals surface area contributed by atoms with Gasteiger partial charge in [0, 0.05) is 24.0 Å². The van der Waals surface area contributed by atoms with Crippen LogP contribution in [-0.4, -0.2) is 42.2 Å². The predicted octanol–water partition coefficient (Wildman–Crippen LogP) is 2.28. The summed E-state index contributed by atoms with van der Waals surface area (Å²) in [5, 5.41) is 16.1. The maximum absolute atomic E-state index is 10.5. The second-order valence-corrected chi connectivity index (χ2v) is 6.85. The molecule has 1 fully saturated rings. The van der Waals surface area contributed by atoms with Gasteiger partial charge in [0.1, 0.15) is 5.60 Å². The van der Waals surface area contributed by atoms with Crippen molar-refractivity contribution in [1.29, 1.82) is 0 Å². The Morgan fingerprint density at radius 1 is 1.58 bits per heavy atom. The molecule has 108 valence electrons. The van der Waals surface area contributed by atoms with Crippen molar-refractivity contribution in [2.45, 2.75) is 38.8 Å². The van der Waals surface area contributed by atoms with Crippen molar-refractivity contribution in [3.05, 3.63) is 22.4 Å². The van der Waals surface area contributed by atoms with Gasteiger partial charge >= 0.3 is 0 Å². The van der Waals surface area contributed by atoms with Crippen LogP contribution in [0.4, 0.5) is 0 Å². The highest BCUT2D eigenvalue weighted by Gasteiger charge is 2.29. The third kappa shape index (κ3) is 3.78. The minimum Gasteiger partial charge on any atom is -0.383 e. The van der Waals surface area contributed by atoms with Crippen LogP contribution in [0.3, 0.4) is 0 Å². The van der Waals surface area contributed by atoms with Crippen LogP contribution >= 0.6 is 11.3 Å². The highest BCUT2D eigenvalue weighted by Crippen LogP contribution is 2.25. The number of nitrogens with one attached hydrogen (secondary N) is 1. The molecule has 2 N–H and O–H groups in total. The van der Waals surface area contributed by atoms with Crippen LogP contribution in [-0.2, 0) is 5.60 Å². The summed E-state index contributed by atoms with van der Waals surface area (Å²) in [6.07, 6.45) is 1.18. The van der Waals surface area contributed by atoms with Crippen LogP contribution in [0.5, 0.6) is 0 Å². The van der Waals surface area contributed by atoms with Gasteiger partial charge in [-0.25, -0.2) is 0 Å². The first-order valence-corrected chi connectivity index (χ1v) is 8.13. The fourth-order valence-corrected chi connectivity index (χ4v) is 3.61. The Morgan fingerprint density at radius 2 is 2.37 bits per heavy atom. The van der Waals surface area contributed by atoms with Gasteiger partial charge in [-0.2, -0.15) is 0 Å². The van der Waals surface area contributed by atoms with E-state index < -0.39 is 5.60 Å². The highest BCUT2D eigenvalue weighted by atomic mass is 32.1. The Kier molecular flexibility index (Phi) is 5.01. The van der Waals surface area contributed by atoms with Crippen molar-refractivity contribution in [3.63, 3.8) is 0 Å². The fourth-order valence-electron chi connectivity index (χ4n) is 2.82. The molecule has 0 bridgehead atoms. The van der Waals surface area contributed by atoms with Crippen LogP contribution in [0, 0.1) is 5.92 Å². The zero-order valence-electron chi connectivity index (χ0n) is 12.2. The molecule has 1 aliphatic heterocycles. The van der Waals surface area contributed by atoms with Crippen molar-refractivity contribution in [3.8, 4) is 0 Å². The molecule has 3 nitrogen and oxygen atoms in total. The average Bonchev–Trinajstić information content (AvgIpc) is 2.92. The van der Waals surface area contributed by atoms with Crippen LogP contribution in [0.15, 0.2) is 17.5 Å². The van der Waals surface area contributed by atoms with Gasteiger partial charge in [0.05, 0.1) is 0 Å². The summed E-state index contributed by atoms with van der Waals surface area (Å²) in [6.45, 7) is 10.5. The highest BCUT2D eigenvalue weighted by molar-refractivity contribution is 7.10. The van der Waals surface area contributed by atoms with E-state index in [-0.39, 0.29) is 0 Å². The molecule has 0 amide bonds. The number of rotatable bonds is 5. The number of aliphatic hydroxyl groups is 1. The molecule has 1 saturated heterocycles. The zero-order chi connectivity index (χ0) is 13.9. The number of piperidine rings is 1. The van der Waals surface area contributed by atoms with E-state index in [9.17, 15) is 5.11 Å². The predicted molar refractivity (Wildman–Crippen MR) is 81.6 cm³/mol. The lowest BCUT2D eigenvalue weighted by Crippen LogP contribution is -2.51. The summed E-state index contributed by atoms with van der Waals surface area (Å²) in [6, 6.07) is 4.53. The minimum atomic E-state index is -0.754. The van der Waals surface area contributed by atoms with Crippen LogP contribution < -0.4 is 5.32 Å². The summed E-state index contributed by atoms with van der Waals surface area (Å²) in [4.78, 5) is 3.54. The topological polar surface area (TPSA) is 35.5 Å². The third-order valence-corrected chi connectivity index (χ3v) is 5.32. The van der Waals surface area contributed by atoms with Crippen molar-refractivity contribution >= 4 is 11.3 Å². The van der Waals surface area contributed by atoms with E-state index in [0.29, 0.717) is 18.5 Å². The van der Waals surface area contributed by atoms with Crippen molar-refractivity contribution in [1.82, 2.24) is 10.2 Å². The lowest BCUT2D eigenvalue weighted by Gasteiger charge is -2.38. The maximum atomic E-state index is 10.5. The summed E-state index contributed by atoms with van der Waals surface area (Å²) in [7, 11) is 0. The van der Waals surface area contributed by atoms with Gasteiger partial charge in [0.25, 0.3) is 0 Å². The number of hydrogen-bond acceptors (Lipinski definition) is 4. The van der Waals surface area contributed by atoms with E-state index in [1.165, 1.54) is 13.0 Å². The molecule has 1 aliphatic rings. The van der Waals surface area contributed by atoms with Gasteiger partial charge in [-0.1, -0.05) is 19.9 Å². The Labute approximate surface area is 120 Å². The van der Waals surface area contributed by atoms with Gasteiger partial charge in [0.2, 0.25) is 0 Å². The molecular formula is C15H26N2OS. The van der Waals surface area contributed by atoms with Gasteiger partial charge in [-0.05, 0) is 43.8 Å². The van der Waals surface area contributed by atoms with E-state index in [0.717, 1.165) is 18.0 Å². The lowest BCUT2D eigenvalue weighted by molar-refractivity contribution is 0.0487. The Hall–Kier alpha value is -0.420. The SMILES string of the molecule is CCN1CCC(NCC(C)(O)c2cccs2)C(C)C1. The molecule has 2 heterocycles. The third-order valence-electron chi connectivity index (χ3n) is 4.20. The zero-order valence-corrected chi connectivity index (χ0v) is 13.0. The summed E-state index contributed by atoms with van der Waals surface area (Å²) in [5.41, 5.74) is -0.754. The Bertz CT molecular complexity index is 378.